The first-order chi connectivity index (χ1) is 16.8. The van der Waals surface area contributed by atoms with E-state index >= 15 is 0 Å². The van der Waals surface area contributed by atoms with Crippen molar-refractivity contribution in [3.8, 4) is 5.75 Å². The lowest BCUT2D eigenvalue weighted by Gasteiger charge is -2.25. The van der Waals surface area contributed by atoms with E-state index in [2.05, 4.69) is 13.8 Å². The molecule has 1 fully saturated rings. The quantitative estimate of drug-likeness (QED) is 0.281. The SMILES string of the molecule is CC(C)COc1ccc(/C(O)=C2/C(=O)C(=O)N(Cc3ccco3)C2c2ccc(N(C)C)cc2)cc1. The number of aliphatic hydroxyl groups excluding tert-OH is 1. The van der Waals surface area contributed by atoms with E-state index in [0.29, 0.717) is 29.6 Å². The molecule has 0 radical (unpaired) electrons. The number of carbonyl (C=O) groups excluding carboxylic acids is 2. The Labute approximate surface area is 205 Å². The summed E-state index contributed by atoms with van der Waals surface area (Å²) >= 11 is 0. The number of likely N-dealkylation sites (tertiary alicyclic amines) is 1. The lowest BCUT2D eigenvalue weighted by Crippen LogP contribution is -2.29. The predicted octanol–water partition coefficient (Wildman–Crippen LogP) is 5.00. The molecule has 35 heavy (non-hydrogen) atoms. The number of ether oxygens (including phenoxy) is 1. The molecule has 1 amide bonds. The molecular formula is C28H30N2O5. The number of nitrogens with zero attached hydrogens (tertiary/aromatic N) is 2. The van der Waals surface area contributed by atoms with Crippen LogP contribution in [0.3, 0.4) is 0 Å². The van der Waals surface area contributed by atoms with Crippen LogP contribution in [0.4, 0.5) is 5.69 Å². The molecule has 182 valence electrons. The number of Topliss-reactive ketones (excluding diaryl/α,β-unsaturated/α-hetero) is 1. The third kappa shape index (κ3) is 5.09. The average Bonchev–Trinajstić information content (AvgIpc) is 3.45. The maximum absolute atomic E-state index is 13.2. The van der Waals surface area contributed by atoms with Gasteiger partial charge in [-0.15, -0.1) is 0 Å². The van der Waals surface area contributed by atoms with Crippen LogP contribution in [-0.2, 0) is 16.1 Å². The van der Waals surface area contributed by atoms with Crippen molar-refractivity contribution in [2.75, 3.05) is 25.6 Å². The average molecular weight is 475 g/mol. The molecule has 1 aromatic heterocycles. The van der Waals surface area contributed by atoms with Crippen molar-refractivity contribution in [3.63, 3.8) is 0 Å². The van der Waals surface area contributed by atoms with E-state index in [4.69, 9.17) is 9.15 Å². The number of amides is 1. The number of benzene rings is 2. The molecule has 0 aliphatic carbocycles. The topological polar surface area (TPSA) is 83.2 Å². The van der Waals surface area contributed by atoms with Gasteiger partial charge in [0.2, 0.25) is 0 Å². The van der Waals surface area contributed by atoms with Gasteiger partial charge in [0.15, 0.2) is 0 Å². The highest BCUT2D eigenvalue weighted by atomic mass is 16.5. The first-order valence-corrected chi connectivity index (χ1v) is 11.6. The monoisotopic (exact) mass is 474 g/mol. The minimum atomic E-state index is -0.756. The number of carbonyl (C=O) groups is 2. The molecule has 0 saturated carbocycles. The van der Waals surface area contributed by atoms with Crippen molar-refractivity contribution in [3.05, 3.63) is 89.4 Å². The van der Waals surface area contributed by atoms with Gasteiger partial charge >= 0.3 is 0 Å². The fourth-order valence-corrected chi connectivity index (χ4v) is 4.04. The minimum Gasteiger partial charge on any atom is -0.507 e. The Morgan fingerprint density at radius 2 is 1.74 bits per heavy atom. The maximum Gasteiger partial charge on any atom is 0.296 e. The van der Waals surface area contributed by atoms with Gasteiger partial charge in [0.25, 0.3) is 11.7 Å². The highest BCUT2D eigenvalue weighted by Crippen LogP contribution is 2.40. The van der Waals surface area contributed by atoms with Gasteiger partial charge in [-0.3, -0.25) is 9.59 Å². The Morgan fingerprint density at radius 1 is 1.06 bits per heavy atom. The Balaban J connectivity index is 1.75. The summed E-state index contributed by atoms with van der Waals surface area (Å²) in [6.45, 7) is 4.81. The zero-order valence-electron chi connectivity index (χ0n) is 20.4. The highest BCUT2D eigenvalue weighted by molar-refractivity contribution is 6.46. The molecule has 2 heterocycles. The fraction of sp³-hybridized carbons (Fsp3) is 0.286. The van der Waals surface area contributed by atoms with Gasteiger partial charge in [0.1, 0.15) is 17.3 Å². The van der Waals surface area contributed by atoms with E-state index in [-0.39, 0.29) is 17.9 Å². The molecule has 1 N–H and O–H groups in total. The highest BCUT2D eigenvalue weighted by Gasteiger charge is 2.46. The molecule has 1 unspecified atom stereocenters. The van der Waals surface area contributed by atoms with E-state index < -0.39 is 17.7 Å². The van der Waals surface area contributed by atoms with Crippen molar-refractivity contribution in [2.24, 2.45) is 5.92 Å². The standard InChI is InChI=1S/C28H30N2O5/c1-18(2)17-35-22-13-9-20(10-14-22)26(31)24-25(19-7-11-21(12-8-19)29(3)4)30(28(33)27(24)32)16-23-6-5-15-34-23/h5-15,18,25,31H,16-17H2,1-4H3/b26-24-. The van der Waals surface area contributed by atoms with Crippen LogP contribution in [0.1, 0.15) is 36.8 Å². The molecule has 7 nitrogen and oxygen atoms in total. The van der Waals surface area contributed by atoms with Crippen LogP contribution in [0.2, 0.25) is 0 Å². The van der Waals surface area contributed by atoms with Gasteiger partial charge in [0.05, 0.1) is 31.0 Å². The van der Waals surface area contributed by atoms with Crippen LogP contribution < -0.4 is 9.64 Å². The molecule has 0 bridgehead atoms. The summed E-state index contributed by atoms with van der Waals surface area (Å²) in [4.78, 5) is 29.7. The molecule has 2 aromatic carbocycles. The van der Waals surface area contributed by atoms with Crippen LogP contribution in [0, 0.1) is 5.92 Å². The van der Waals surface area contributed by atoms with Crippen molar-refractivity contribution in [1.82, 2.24) is 4.90 Å². The number of furan rings is 1. The number of aliphatic hydroxyl groups is 1. The smallest absolute Gasteiger partial charge is 0.296 e. The summed E-state index contributed by atoms with van der Waals surface area (Å²) in [6, 6.07) is 17.2. The van der Waals surface area contributed by atoms with Crippen molar-refractivity contribution >= 4 is 23.1 Å². The number of anilines is 1. The minimum absolute atomic E-state index is 0.0509. The molecule has 0 spiro atoms. The van der Waals surface area contributed by atoms with Gasteiger partial charge in [0, 0.05) is 25.3 Å². The molecule has 7 heteroatoms. The van der Waals surface area contributed by atoms with Gasteiger partial charge in [-0.1, -0.05) is 26.0 Å². The van der Waals surface area contributed by atoms with Gasteiger partial charge < -0.3 is 24.1 Å². The first-order valence-electron chi connectivity index (χ1n) is 11.6. The predicted molar refractivity (Wildman–Crippen MR) is 134 cm³/mol. The van der Waals surface area contributed by atoms with E-state index in [1.54, 1.807) is 36.4 Å². The zero-order valence-corrected chi connectivity index (χ0v) is 20.4. The second-order valence-electron chi connectivity index (χ2n) is 9.22. The number of hydrogen-bond donors (Lipinski definition) is 1. The third-order valence-corrected chi connectivity index (χ3v) is 5.88. The van der Waals surface area contributed by atoms with Crippen molar-refractivity contribution in [2.45, 2.75) is 26.4 Å². The molecule has 4 rings (SSSR count). The lowest BCUT2D eigenvalue weighted by molar-refractivity contribution is -0.140. The van der Waals surface area contributed by atoms with Gasteiger partial charge in [-0.05, 0) is 60.0 Å². The Hall–Kier alpha value is -4.00. The van der Waals surface area contributed by atoms with Crippen LogP contribution in [0.5, 0.6) is 5.75 Å². The molecule has 1 aliphatic rings. The summed E-state index contributed by atoms with van der Waals surface area (Å²) in [7, 11) is 3.87. The van der Waals surface area contributed by atoms with E-state index in [1.807, 2.05) is 43.3 Å². The zero-order chi connectivity index (χ0) is 25.1. The van der Waals surface area contributed by atoms with E-state index in [0.717, 1.165) is 11.3 Å². The summed E-state index contributed by atoms with van der Waals surface area (Å²) in [5.41, 5.74) is 2.19. The summed E-state index contributed by atoms with van der Waals surface area (Å²) < 4.78 is 11.2. The molecule has 1 atom stereocenters. The van der Waals surface area contributed by atoms with Crippen molar-refractivity contribution < 1.29 is 23.8 Å². The summed E-state index contributed by atoms with van der Waals surface area (Å²) in [5.74, 6) is -0.0234. The normalized spacial score (nSPS) is 17.3. The fourth-order valence-electron chi connectivity index (χ4n) is 4.04. The molecule has 1 saturated heterocycles. The van der Waals surface area contributed by atoms with Crippen LogP contribution >= 0.6 is 0 Å². The second-order valence-corrected chi connectivity index (χ2v) is 9.22. The molecule has 1 aliphatic heterocycles. The van der Waals surface area contributed by atoms with Gasteiger partial charge in [-0.25, -0.2) is 0 Å². The van der Waals surface area contributed by atoms with Crippen molar-refractivity contribution in [1.29, 1.82) is 0 Å². The number of hydrogen-bond acceptors (Lipinski definition) is 6. The second kappa shape index (κ2) is 10.1. The molecule has 3 aromatic rings. The maximum atomic E-state index is 13.2. The lowest BCUT2D eigenvalue weighted by atomic mass is 9.95. The van der Waals surface area contributed by atoms with Crippen LogP contribution in [-0.4, -0.2) is 42.4 Å². The largest absolute Gasteiger partial charge is 0.507 e. The van der Waals surface area contributed by atoms with Gasteiger partial charge in [-0.2, -0.15) is 0 Å². The van der Waals surface area contributed by atoms with Crippen LogP contribution in [0.25, 0.3) is 5.76 Å². The number of ketones is 1. The summed E-state index contributed by atoms with van der Waals surface area (Å²) in [5, 5.41) is 11.2. The Kier molecular flexibility index (Phi) is 6.96. The van der Waals surface area contributed by atoms with E-state index in [9.17, 15) is 14.7 Å². The Morgan fingerprint density at radius 3 is 2.31 bits per heavy atom. The summed E-state index contributed by atoms with van der Waals surface area (Å²) in [6.07, 6.45) is 1.52. The Bertz CT molecular complexity index is 1210. The number of rotatable bonds is 8. The third-order valence-electron chi connectivity index (χ3n) is 5.88. The first kappa shape index (κ1) is 24.1. The van der Waals surface area contributed by atoms with Crippen LogP contribution in [0.15, 0.2) is 76.9 Å². The van der Waals surface area contributed by atoms with E-state index in [1.165, 1.54) is 11.2 Å². The molecular weight excluding hydrogens is 444 g/mol.